The van der Waals surface area contributed by atoms with E-state index < -0.39 is 10.0 Å². The van der Waals surface area contributed by atoms with Crippen molar-refractivity contribution in [3.05, 3.63) is 17.5 Å². The molecule has 0 radical (unpaired) electrons. The average Bonchev–Trinajstić information content (AvgIpc) is 3.31. The third-order valence-corrected chi connectivity index (χ3v) is 7.45. The van der Waals surface area contributed by atoms with E-state index in [4.69, 9.17) is 4.74 Å². The Hall–Kier alpha value is -0.430. The van der Waals surface area contributed by atoms with Gasteiger partial charge >= 0.3 is 0 Å². The Morgan fingerprint density at radius 3 is 2.92 bits per heavy atom. The number of sulfonamides is 1. The van der Waals surface area contributed by atoms with Crippen LogP contribution in [0.25, 0.3) is 0 Å². The molecule has 0 saturated carbocycles. The van der Waals surface area contributed by atoms with E-state index in [1.54, 1.807) is 24.6 Å². The van der Waals surface area contributed by atoms with Crippen molar-refractivity contribution >= 4 is 51.3 Å². The minimum absolute atomic E-state index is 0. The van der Waals surface area contributed by atoms with Crippen molar-refractivity contribution in [2.45, 2.75) is 17.1 Å². The van der Waals surface area contributed by atoms with Gasteiger partial charge in [0.2, 0.25) is 10.0 Å². The Bertz CT molecular complexity index is 673. The summed E-state index contributed by atoms with van der Waals surface area (Å²) in [6, 6.07) is 3.34. The smallest absolute Gasteiger partial charge is 0.250 e. The molecular formula is C15H25IN4O3S2. The van der Waals surface area contributed by atoms with Crippen LogP contribution in [0, 0.1) is 5.41 Å². The molecule has 142 valence electrons. The van der Waals surface area contributed by atoms with E-state index in [2.05, 4.69) is 19.9 Å². The molecule has 0 aromatic carbocycles. The molecule has 0 amide bonds. The fraction of sp³-hybridized carbons (Fsp3) is 0.667. The second-order valence-corrected chi connectivity index (χ2v) is 9.22. The van der Waals surface area contributed by atoms with Crippen LogP contribution in [0.1, 0.15) is 12.8 Å². The highest BCUT2D eigenvalue weighted by atomic mass is 127. The van der Waals surface area contributed by atoms with E-state index >= 15 is 0 Å². The van der Waals surface area contributed by atoms with E-state index in [-0.39, 0.29) is 29.4 Å². The first-order valence-electron chi connectivity index (χ1n) is 8.11. The number of rotatable bonds is 5. The Balaban J connectivity index is 0.00000225. The van der Waals surface area contributed by atoms with Gasteiger partial charge in [-0.1, -0.05) is 6.07 Å². The molecule has 2 N–H and O–H groups in total. The molecule has 25 heavy (non-hydrogen) atoms. The van der Waals surface area contributed by atoms with Gasteiger partial charge < -0.3 is 15.0 Å². The van der Waals surface area contributed by atoms with Crippen LogP contribution in [0.15, 0.2) is 26.7 Å². The van der Waals surface area contributed by atoms with E-state index in [9.17, 15) is 8.42 Å². The number of hydrogen-bond acceptors (Lipinski definition) is 5. The van der Waals surface area contributed by atoms with Crippen LogP contribution in [0.4, 0.5) is 0 Å². The summed E-state index contributed by atoms with van der Waals surface area (Å²) in [7, 11) is -1.64. The molecule has 1 aromatic heterocycles. The Morgan fingerprint density at radius 1 is 1.44 bits per heavy atom. The number of thiophene rings is 1. The zero-order valence-corrected chi connectivity index (χ0v) is 18.2. The first kappa shape index (κ1) is 20.9. The molecule has 1 unspecified atom stereocenters. The van der Waals surface area contributed by atoms with E-state index in [1.165, 1.54) is 11.3 Å². The second-order valence-electron chi connectivity index (χ2n) is 6.28. The molecule has 1 aromatic rings. The summed E-state index contributed by atoms with van der Waals surface area (Å²) in [5, 5.41) is 5.00. The van der Waals surface area contributed by atoms with E-state index in [1.807, 2.05) is 0 Å². The fourth-order valence-corrected chi connectivity index (χ4v) is 5.34. The summed E-state index contributed by atoms with van der Waals surface area (Å²) >= 11 is 1.22. The average molecular weight is 500 g/mol. The normalized spacial score (nSPS) is 23.9. The number of likely N-dealkylation sites (tertiary alicyclic amines) is 1. The maximum Gasteiger partial charge on any atom is 0.250 e. The maximum atomic E-state index is 12.1. The lowest BCUT2D eigenvalue weighted by Crippen LogP contribution is -2.44. The molecule has 7 nitrogen and oxygen atoms in total. The molecule has 2 saturated heterocycles. The van der Waals surface area contributed by atoms with Gasteiger partial charge in [-0.3, -0.25) is 4.99 Å². The molecule has 2 aliphatic rings. The minimum Gasteiger partial charge on any atom is -0.381 e. The summed E-state index contributed by atoms with van der Waals surface area (Å²) in [5.41, 5.74) is 0.276. The standard InChI is InChI=1S/C15H24N4O3S2.HI/c1-16-14(19-8-4-15(11-19)5-9-22-12-15)17-6-7-18-24(20,21)13-3-2-10-23-13;/h2-3,10,18H,4-9,11-12H2,1H3,(H,16,17);1H. The SMILES string of the molecule is CN=C(NCCNS(=O)(=O)c1cccs1)N1CCC2(CCOC2)C1.I. The number of nitrogens with zero attached hydrogens (tertiary/aromatic N) is 2. The third-order valence-electron chi connectivity index (χ3n) is 4.59. The quantitative estimate of drug-likeness (QED) is 0.276. The number of ether oxygens (including phenoxy) is 1. The predicted molar refractivity (Wildman–Crippen MR) is 110 cm³/mol. The number of halogens is 1. The van der Waals surface area contributed by atoms with Gasteiger partial charge in [0.15, 0.2) is 5.96 Å². The predicted octanol–water partition coefficient (Wildman–Crippen LogP) is 1.33. The van der Waals surface area contributed by atoms with Gasteiger partial charge in [-0.05, 0) is 24.3 Å². The van der Waals surface area contributed by atoms with Gasteiger partial charge in [0.1, 0.15) is 4.21 Å². The summed E-state index contributed by atoms with van der Waals surface area (Å²) in [5.74, 6) is 0.828. The number of nitrogens with one attached hydrogen (secondary N) is 2. The lowest BCUT2D eigenvalue weighted by Gasteiger charge is -2.24. The van der Waals surface area contributed by atoms with Gasteiger partial charge in [0, 0.05) is 45.2 Å². The molecular weight excluding hydrogens is 475 g/mol. The number of hydrogen-bond donors (Lipinski definition) is 2. The summed E-state index contributed by atoms with van der Waals surface area (Å²) in [6.45, 7) is 4.42. The summed E-state index contributed by atoms with van der Waals surface area (Å²) in [4.78, 5) is 6.56. The van der Waals surface area contributed by atoms with Gasteiger partial charge in [-0.15, -0.1) is 35.3 Å². The highest BCUT2D eigenvalue weighted by Crippen LogP contribution is 2.38. The fourth-order valence-electron chi connectivity index (χ4n) is 3.27. The minimum atomic E-state index is -3.40. The van der Waals surface area contributed by atoms with Crippen molar-refractivity contribution in [1.82, 2.24) is 14.9 Å². The van der Waals surface area contributed by atoms with Crippen LogP contribution >= 0.6 is 35.3 Å². The van der Waals surface area contributed by atoms with Gasteiger partial charge in [0.25, 0.3) is 0 Å². The molecule has 10 heteroatoms. The lowest BCUT2D eigenvalue weighted by molar-refractivity contribution is 0.156. The Morgan fingerprint density at radius 2 is 2.28 bits per heavy atom. The highest BCUT2D eigenvalue weighted by Gasteiger charge is 2.42. The van der Waals surface area contributed by atoms with Crippen molar-refractivity contribution in [3.63, 3.8) is 0 Å². The van der Waals surface area contributed by atoms with Crippen molar-refractivity contribution in [2.24, 2.45) is 10.4 Å². The molecule has 0 bridgehead atoms. The van der Waals surface area contributed by atoms with Crippen LogP contribution in [-0.2, 0) is 14.8 Å². The molecule has 0 aliphatic carbocycles. The molecule has 3 rings (SSSR count). The topological polar surface area (TPSA) is 83.0 Å². The number of aliphatic imine (C=N–C) groups is 1. The monoisotopic (exact) mass is 500 g/mol. The first-order chi connectivity index (χ1) is 11.5. The molecule has 1 atom stereocenters. The molecule has 1 spiro atoms. The van der Waals surface area contributed by atoms with Gasteiger partial charge in [-0.2, -0.15) is 0 Å². The number of guanidine groups is 1. The van der Waals surface area contributed by atoms with Crippen molar-refractivity contribution in [3.8, 4) is 0 Å². The van der Waals surface area contributed by atoms with Gasteiger partial charge in [0.05, 0.1) is 6.61 Å². The second kappa shape index (κ2) is 8.98. The zero-order valence-electron chi connectivity index (χ0n) is 14.2. The zero-order chi connectivity index (χ0) is 17.0. The van der Waals surface area contributed by atoms with Crippen LogP contribution in [0.3, 0.4) is 0 Å². The first-order valence-corrected chi connectivity index (χ1v) is 10.5. The maximum absolute atomic E-state index is 12.1. The molecule has 3 heterocycles. The lowest BCUT2D eigenvalue weighted by atomic mass is 9.87. The van der Waals surface area contributed by atoms with Crippen LogP contribution < -0.4 is 10.0 Å². The molecule has 2 aliphatic heterocycles. The summed E-state index contributed by atoms with van der Waals surface area (Å²) in [6.07, 6.45) is 2.24. The molecule has 2 fully saturated rings. The van der Waals surface area contributed by atoms with E-state index in [0.717, 1.165) is 45.1 Å². The van der Waals surface area contributed by atoms with E-state index in [0.29, 0.717) is 17.3 Å². The van der Waals surface area contributed by atoms with Crippen LogP contribution in [-0.4, -0.2) is 65.7 Å². The Labute approximate surface area is 170 Å². The third kappa shape index (κ3) is 5.06. The highest BCUT2D eigenvalue weighted by molar-refractivity contribution is 14.0. The van der Waals surface area contributed by atoms with Crippen LogP contribution in [0.5, 0.6) is 0 Å². The van der Waals surface area contributed by atoms with Crippen molar-refractivity contribution in [2.75, 3.05) is 46.4 Å². The van der Waals surface area contributed by atoms with Crippen molar-refractivity contribution in [1.29, 1.82) is 0 Å². The van der Waals surface area contributed by atoms with Crippen LogP contribution in [0.2, 0.25) is 0 Å². The van der Waals surface area contributed by atoms with Gasteiger partial charge in [-0.25, -0.2) is 13.1 Å². The van der Waals surface area contributed by atoms with Crippen molar-refractivity contribution < 1.29 is 13.2 Å². The summed E-state index contributed by atoms with van der Waals surface area (Å²) < 4.78 is 32.6. The largest absolute Gasteiger partial charge is 0.381 e. The Kier molecular flexibility index (Phi) is 7.50.